The standard InChI is InChI=1S/C11H11N3O4S/c1-17-10-4-8(14(15)16)2-3-9(10)18-5-7-6-19-11(12)13-7/h2-4,6H,5H2,1H3,(H2,12,13). The van der Waals surface area contributed by atoms with Crippen LogP contribution < -0.4 is 15.2 Å². The van der Waals surface area contributed by atoms with Crippen molar-refractivity contribution in [3.05, 3.63) is 39.4 Å². The Balaban J connectivity index is 2.13. The van der Waals surface area contributed by atoms with Gasteiger partial charge in [0.05, 0.1) is 23.8 Å². The van der Waals surface area contributed by atoms with E-state index in [1.165, 1.54) is 36.6 Å². The lowest BCUT2D eigenvalue weighted by atomic mass is 10.3. The van der Waals surface area contributed by atoms with Crippen LogP contribution in [0.15, 0.2) is 23.6 Å². The minimum Gasteiger partial charge on any atom is -0.493 e. The first-order valence-electron chi connectivity index (χ1n) is 5.25. The van der Waals surface area contributed by atoms with Crippen LogP contribution in [0, 0.1) is 10.1 Å². The molecule has 0 fully saturated rings. The summed E-state index contributed by atoms with van der Waals surface area (Å²) >= 11 is 1.32. The fourth-order valence-corrected chi connectivity index (χ4v) is 1.98. The van der Waals surface area contributed by atoms with Crippen molar-refractivity contribution in [2.75, 3.05) is 12.8 Å². The molecular formula is C11H11N3O4S. The zero-order valence-corrected chi connectivity index (χ0v) is 10.8. The van der Waals surface area contributed by atoms with Gasteiger partial charge in [-0.15, -0.1) is 11.3 Å². The van der Waals surface area contributed by atoms with Crippen molar-refractivity contribution in [3.8, 4) is 11.5 Å². The van der Waals surface area contributed by atoms with Gasteiger partial charge in [-0.25, -0.2) is 4.98 Å². The molecule has 1 heterocycles. The average molecular weight is 281 g/mol. The highest BCUT2D eigenvalue weighted by Gasteiger charge is 2.12. The molecule has 8 heteroatoms. The highest BCUT2D eigenvalue weighted by molar-refractivity contribution is 7.13. The maximum absolute atomic E-state index is 10.6. The minimum atomic E-state index is -0.493. The number of rotatable bonds is 5. The Hall–Kier alpha value is -2.35. The molecule has 0 unspecified atom stereocenters. The van der Waals surface area contributed by atoms with Crippen LogP contribution in [0.2, 0.25) is 0 Å². The van der Waals surface area contributed by atoms with Crippen molar-refractivity contribution >= 4 is 22.2 Å². The van der Waals surface area contributed by atoms with Crippen LogP contribution >= 0.6 is 11.3 Å². The molecule has 0 aliphatic carbocycles. The van der Waals surface area contributed by atoms with Crippen LogP contribution in [-0.4, -0.2) is 17.0 Å². The normalized spacial score (nSPS) is 10.2. The molecule has 0 atom stereocenters. The van der Waals surface area contributed by atoms with E-state index in [4.69, 9.17) is 15.2 Å². The molecule has 0 aliphatic rings. The Bertz CT molecular complexity index is 599. The van der Waals surface area contributed by atoms with Crippen LogP contribution in [0.25, 0.3) is 0 Å². The molecule has 19 heavy (non-hydrogen) atoms. The lowest BCUT2D eigenvalue weighted by Crippen LogP contribution is -1.99. The van der Waals surface area contributed by atoms with Crippen LogP contribution in [-0.2, 0) is 6.61 Å². The number of nitrogen functional groups attached to an aromatic ring is 1. The molecule has 0 aliphatic heterocycles. The maximum atomic E-state index is 10.6. The molecular weight excluding hydrogens is 270 g/mol. The lowest BCUT2D eigenvalue weighted by Gasteiger charge is -2.09. The zero-order chi connectivity index (χ0) is 13.8. The second kappa shape index (κ2) is 5.53. The lowest BCUT2D eigenvalue weighted by molar-refractivity contribution is -0.385. The second-order valence-electron chi connectivity index (χ2n) is 3.56. The summed E-state index contributed by atoms with van der Waals surface area (Å²) in [5.41, 5.74) is 6.15. The fraction of sp³-hybridized carbons (Fsp3) is 0.182. The molecule has 2 rings (SSSR count). The molecule has 0 spiro atoms. The smallest absolute Gasteiger partial charge is 0.273 e. The number of thiazole rings is 1. The summed E-state index contributed by atoms with van der Waals surface area (Å²) in [6, 6.07) is 4.16. The first-order chi connectivity index (χ1) is 9.10. The fourth-order valence-electron chi connectivity index (χ4n) is 1.43. The molecule has 0 amide bonds. The van der Waals surface area contributed by atoms with Gasteiger partial charge in [0.1, 0.15) is 6.61 Å². The Morgan fingerprint density at radius 3 is 2.84 bits per heavy atom. The van der Waals surface area contributed by atoms with Gasteiger partial charge in [0, 0.05) is 11.4 Å². The van der Waals surface area contributed by atoms with Crippen LogP contribution in [0.1, 0.15) is 5.69 Å². The van der Waals surface area contributed by atoms with Gasteiger partial charge in [0.25, 0.3) is 5.69 Å². The van der Waals surface area contributed by atoms with Crippen LogP contribution in [0.5, 0.6) is 11.5 Å². The largest absolute Gasteiger partial charge is 0.493 e. The number of aromatic nitrogens is 1. The van der Waals surface area contributed by atoms with Gasteiger partial charge < -0.3 is 15.2 Å². The summed E-state index contributed by atoms with van der Waals surface area (Å²) in [4.78, 5) is 14.2. The van der Waals surface area contributed by atoms with E-state index in [1.807, 2.05) is 0 Å². The van der Waals surface area contributed by atoms with Crippen LogP contribution in [0.4, 0.5) is 10.8 Å². The van der Waals surface area contributed by atoms with Crippen molar-refractivity contribution in [2.45, 2.75) is 6.61 Å². The molecule has 1 aromatic carbocycles. The van der Waals surface area contributed by atoms with Gasteiger partial charge in [-0.3, -0.25) is 10.1 Å². The van der Waals surface area contributed by atoms with E-state index in [0.717, 1.165) is 0 Å². The molecule has 1 aromatic heterocycles. The number of nitrogens with zero attached hydrogens (tertiary/aromatic N) is 2. The first-order valence-corrected chi connectivity index (χ1v) is 6.13. The van der Waals surface area contributed by atoms with E-state index in [9.17, 15) is 10.1 Å². The van der Waals surface area contributed by atoms with E-state index in [0.29, 0.717) is 22.3 Å². The summed E-state index contributed by atoms with van der Waals surface area (Å²) < 4.78 is 10.6. The first kappa shape index (κ1) is 13.1. The summed E-state index contributed by atoms with van der Waals surface area (Å²) in [7, 11) is 1.42. The van der Waals surface area contributed by atoms with E-state index < -0.39 is 4.92 Å². The summed E-state index contributed by atoms with van der Waals surface area (Å²) in [5, 5.41) is 12.9. The molecule has 100 valence electrons. The number of nitro benzene ring substituents is 1. The number of methoxy groups -OCH3 is 1. The Morgan fingerprint density at radius 1 is 1.47 bits per heavy atom. The average Bonchev–Trinajstić information content (AvgIpc) is 2.81. The van der Waals surface area contributed by atoms with Crippen molar-refractivity contribution in [3.63, 3.8) is 0 Å². The monoisotopic (exact) mass is 281 g/mol. The van der Waals surface area contributed by atoms with Gasteiger partial charge in [0.2, 0.25) is 0 Å². The predicted molar refractivity (Wildman–Crippen MR) is 70.5 cm³/mol. The van der Waals surface area contributed by atoms with Gasteiger partial charge in [-0.1, -0.05) is 0 Å². The van der Waals surface area contributed by atoms with Gasteiger partial charge in [-0.2, -0.15) is 0 Å². The number of nitro groups is 1. The van der Waals surface area contributed by atoms with Crippen molar-refractivity contribution in [1.29, 1.82) is 0 Å². The molecule has 0 bridgehead atoms. The summed E-state index contributed by atoms with van der Waals surface area (Å²) in [5.74, 6) is 0.720. The number of hydrogen-bond acceptors (Lipinski definition) is 7. The summed E-state index contributed by atoms with van der Waals surface area (Å²) in [6.45, 7) is 0.224. The third-order valence-corrected chi connectivity index (χ3v) is 3.03. The molecule has 0 radical (unpaired) electrons. The summed E-state index contributed by atoms with van der Waals surface area (Å²) in [6.07, 6.45) is 0. The molecule has 0 saturated carbocycles. The Kier molecular flexibility index (Phi) is 3.81. The molecule has 7 nitrogen and oxygen atoms in total. The van der Waals surface area contributed by atoms with Crippen molar-refractivity contribution < 1.29 is 14.4 Å². The number of benzene rings is 1. The second-order valence-corrected chi connectivity index (χ2v) is 4.45. The highest BCUT2D eigenvalue weighted by atomic mass is 32.1. The Labute approximate surface area is 112 Å². The van der Waals surface area contributed by atoms with Gasteiger partial charge in [-0.05, 0) is 6.07 Å². The number of hydrogen-bond donors (Lipinski definition) is 1. The number of anilines is 1. The zero-order valence-electron chi connectivity index (χ0n) is 10.0. The van der Waals surface area contributed by atoms with E-state index in [1.54, 1.807) is 5.38 Å². The maximum Gasteiger partial charge on any atom is 0.273 e. The topological polar surface area (TPSA) is 101 Å². The van der Waals surface area contributed by atoms with E-state index in [-0.39, 0.29) is 12.3 Å². The number of ether oxygens (including phenoxy) is 2. The highest BCUT2D eigenvalue weighted by Crippen LogP contribution is 2.31. The van der Waals surface area contributed by atoms with Crippen LogP contribution in [0.3, 0.4) is 0 Å². The number of nitrogens with two attached hydrogens (primary N) is 1. The quantitative estimate of drug-likeness (QED) is 0.666. The van der Waals surface area contributed by atoms with E-state index >= 15 is 0 Å². The number of non-ortho nitro benzene ring substituents is 1. The SMILES string of the molecule is COc1cc([N+](=O)[O-])ccc1OCc1csc(N)n1. The van der Waals surface area contributed by atoms with Gasteiger partial charge in [0.15, 0.2) is 16.6 Å². The predicted octanol–water partition coefficient (Wildman–Crippen LogP) is 2.22. The Morgan fingerprint density at radius 2 is 2.26 bits per heavy atom. The van der Waals surface area contributed by atoms with Crippen molar-refractivity contribution in [1.82, 2.24) is 4.98 Å². The van der Waals surface area contributed by atoms with Gasteiger partial charge >= 0.3 is 0 Å². The van der Waals surface area contributed by atoms with Crippen molar-refractivity contribution in [2.24, 2.45) is 0 Å². The third-order valence-electron chi connectivity index (χ3n) is 2.30. The van der Waals surface area contributed by atoms with E-state index in [2.05, 4.69) is 4.98 Å². The minimum absolute atomic E-state index is 0.0536. The third kappa shape index (κ3) is 3.10. The molecule has 2 N–H and O–H groups in total. The molecule has 0 saturated heterocycles. The molecule has 2 aromatic rings.